The molecule has 3 atom stereocenters. The van der Waals surface area contributed by atoms with Crippen LogP contribution >= 0.6 is 0 Å². The van der Waals surface area contributed by atoms with E-state index < -0.39 is 0 Å². The normalized spacial score (nSPS) is 41.6. The van der Waals surface area contributed by atoms with Crippen molar-refractivity contribution in [2.75, 3.05) is 0 Å². The summed E-state index contributed by atoms with van der Waals surface area (Å²) < 4.78 is 5.98. The summed E-state index contributed by atoms with van der Waals surface area (Å²) in [5.41, 5.74) is 1.72. The SMILES string of the molecule is C[C@H]1CCC2=C(CCC3CCCC23)O1. The van der Waals surface area contributed by atoms with Gasteiger partial charge in [0.15, 0.2) is 0 Å². The van der Waals surface area contributed by atoms with Gasteiger partial charge in [-0.3, -0.25) is 0 Å². The predicted molar refractivity (Wildman–Crippen MR) is 56.9 cm³/mol. The van der Waals surface area contributed by atoms with E-state index in [1.807, 2.05) is 0 Å². The van der Waals surface area contributed by atoms with Crippen LogP contribution < -0.4 is 0 Å². The van der Waals surface area contributed by atoms with Crippen LogP contribution in [0, 0.1) is 11.8 Å². The molecule has 0 amide bonds. The zero-order chi connectivity index (χ0) is 9.54. The van der Waals surface area contributed by atoms with E-state index in [4.69, 9.17) is 4.74 Å². The lowest BCUT2D eigenvalue weighted by molar-refractivity contribution is 0.0803. The van der Waals surface area contributed by atoms with Crippen molar-refractivity contribution in [2.45, 2.75) is 58.0 Å². The lowest BCUT2D eigenvalue weighted by Crippen LogP contribution is -2.25. The first-order valence-electron chi connectivity index (χ1n) is 6.23. The highest BCUT2D eigenvalue weighted by Crippen LogP contribution is 2.48. The van der Waals surface area contributed by atoms with E-state index in [1.54, 1.807) is 5.57 Å². The molecule has 0 aromatic carbocycles. The molecule has 0 saturated heterocycles. The largest absolute Gasteiger partial charge is 0.495 e. The summed E-state index contributed by atoms with van der Waals surface area (Å²) in [7, 11) is 0. The van der Waals surface area contributed by atoms with Gasteiger partial charge in [0.25, 0.3) is 0 Å². The van der Waals surface area contributed by atoms with Crippen molar-refractivity contribution >= 4 is 0 Å². The lowest BCUT2D eigenvalue weighted by atomic mass is 9.77. The molecule has 1 saturated carbocycles. The van der Waals surface area contributed by atoms with Crippen molar-refractivity contribution in [1.82, 2.24) is 0 Å². The van der Waals surface area contributed by atoms with Gasteiger partial charge in [0.1, 0.15) is 0 Å². The molecule has 0 spiro atoms. The van der Waals surface area contributed by atoms with Gasteiger partial charge >= 0.3 is 0 Å². The molecule has 2 unspecified atom stereocenters. The molecule has 1 aliphatic heterocycles. The van der Waals surface area contributed by atoms with Crippen LogP contribution in [0.1, 0.15) is 51.9 Å². The fourth-order valence-electron chi connectivity index (χ4n) is 3.64. The quantitative estimate of drug-likeness (QED) is 0.569. The van der Waals surface area contributed by atoms with Crippen LogP contribution in [0.2, 0.25) is 0 Å². The second kappa shape index (κ2) is 3.29. The van der Waals surface area contributed by atoms with Crippen LogP contribution in [0.25, 0.3) is 0 Å². The summed E-state index contributed by atoms with van der Waals surface area (Å²) in [6.07, 6.45) is 10.1. The maximum atomic E-state index is 5.98. The van der Waals surface area contributed by atoms with Crippen LogP contribution in [-0.4, -0.2) is 6.10 Å². The Balaban J connectivity index is 1.88. The standard InChI is InChI=1S/C13H20O/c1-9-5-7-12-11-4-2-3-10(11)6-8-13(12)14-9/h9-11H,2-8H2,1H3/t9-,10?,11?/m0/s1. The number of allylic oxidation sites excluding steroid dienone is 2. The molecule has 3 rings (SSSR count). The summed E-state index contributed by atoms with van der Waals surface area (Å²) in [5, 5.41) is 0. The van der Waals surface area contributed by atoms with Gasteiger partial charge < -0.3 is 4.74 Å². The molecule has 1 heteroatoms. The molecule has 0 aromatic rings. The summed E-state index contributed by atoms with van der Waals surface area (Å²) >= 11 is 0. The highest BCUT2D eigenvalue weighted by molar-refractivity contribution is 5.20. The maximum absolute atomic E-state index is 5.98. The van der Waals surface area contributed by atoms with Crippen molar-refractivity contribution in [3.8, 4) is 0 Å². The molecule has 0 N–H and O–H groups in total. The molecule has 78 valence electrons. The Hall–Kier alpha value is -0.460. The molecule has 1 nitrogen and oxygen atoms in total. The van der Waals surface area contributed by atoms with E-state index in [0.717, 1.165) is 11.8 Å². The van der Waals surface area contributed by atoms with Crippen LogP contribution in [0.15, 0.2) is 11.3 Å². The van der Waals surface area contributed by atoms with E-state index in [2.05, 4.69) is 6.92 Å². The Morgan fingerprint density at radius 2 is 2.00 bits per heavy atom. The number of hydrogen-bond acceptors (Lipinski definition) is 1. The lowest BCUT2D eigenvalue weighted by Gasteiger charge is -2.36. The van der Waals surface area contributed by atoms with Gasteiger partial charge in [0.05, 0.1) is 11.9 Å². The van der Waals surface area contributed by atoms with Crippen molar-refractivity contribution in [2.24, 2.45) is 11.8 Å². The number of hydrogen-bond donors (Lipinski definition) is 0. The Morgan fingerprint density at radius 3 is 2.93 bits per heavy atom. The van der Waals surface area contributed by atoms with Gasteiger partial charge in [-0.1, -0.05) is 6.42 Å². The molecule has 14 heavy (non-hydrogen) atoms. The first-order chi connectivity index (χ1) is 6.84. The van der Waals surface area contributed by atoms with Gasteiger partial charge in [-0.25, -0.2) is 0 Å². The van der Waals surface area contributed by atoms with Crippen LogP contribution in [0.5, 0.6) is 0 Å². The van der Waals surface area contributed by atoms with Crippen molar-refractivity contribution < 1.29 is 4.74 Å². The summed E-state index contributed by atoms with van der Waals surface area (Å²) in [5.74, 6) is 3.34. The van der Waals surface area contributed by atoms with Gasteiger partial charge in [0, 0.05) is 6.42 Å². The zero-order valence-electron chi connectivity index (χ0n) is 9.09. The Morgan fingerprint density at radius 1 is 1.07 bits per heavy atom. The highest BCUT2D eigenvalue weighted by Gasteiger charge is 2.37. The third-order valence-electron chi connectivity index (χ3n) is 4.37. The summed E-state index contributed by atoms with van der Waals surface area (Å²) in [4.78, 5) is 0. The van der Waals surface area contributed by atoms with Gasteiger partial charge in [-0.15, -0.1) is 0 Å². The summed E-state index contributed by atoms with van der Waals surface area (Å²) in [6, 6.07) is 0. The molecular weight excluding hydrogens is 172 g/mol. The Labute approximate surface area is 86.5 Å². The van der Waals surface area contributed by atoms with Crippen LogP contribution in [0.4, 0.5) is 0 Å². The van der Waals surface area contributed by atoms with E-state index in [0.29, 0.717) is 6.10 Å². The average molecular weight is 192 g/mol. The van der Waals surface area contributed by atoms with Gasteiger partial charge in [-0.05, 0) is 56.4 Å². The van der Waals surface area contributed by atoms with Gasteiger partial charge in [0.2, 0.25) is 0 Å². The van der Waals surface area contributed by atoms with E-state index in [9.17, 15) is 0 Å². The highest BCUT2D eigenvalue weighted by atomic mass is 16.5. The number of fused-ring (bicyclic) bond motifs is 2. The predicted octanol–water partition coefficient (Wildman–Crippen LogP) is 3.65. The average Bonchev–Trinajstić information content (AvgIpc) is 2.65. The molecule has 1 heterocycles. The molecule has 0 bridgehead atoms. The molecule has 3 aliphatic rings. The second-order valence-corrected chi connectivity index (χ2v) is 5.25. The van der Waals surface area contributed by atoms with Gasteiger partial charge in [-0.2, -0.15) is 0 Å². The molecule has 0 aromatic heterocycles. The third-order valence-corrected chi connectivity index (χ3v) is 4.37. The fraction of sp³-hybridized carbons (Fsp3) is 0.846. The monoisotopic (exact) mass is 192 g/mol. The third kappa shape index (κ3) is 1.29. The smallest absolute Gasteiger partial charge is 0.0958 e. The molecular formula is C13H20O. The van der Waals surface area contributed by atoms with Crippen LogP contribution in [-0.2, 0) is 4.74 Å². The first-order valence-corrected chi connectivity index (χ1v) is 6.23. The first kappa shape index (κ1) is 8.82. The van der Waals surface area contributed by atoms with Crippen LogP contribution in [0.3, 0.4) is 0 Å². The van der Waals surface area contributed by atoms with E-state index in [-0.39, 0.29) is 0 Å². The van der Waals surface area contributed by atoms with E-state index >= 15 is 0 Å². The fourth-order valence-corrected chi connectivity index (χ4v) is 3.64. The molecule has 0 radical (unpaired) electrons. The summed E-state index contributed by atoms with van der Waals surface area (Å²) in [6.45, 7) is 2.21. The van der Waals surface area contributed by atoms with Crippen molar-refractivity contribution in [3.63, 3.8) is 0 Å². The minimum Gasteiger partial charge on any atom is -0.495 e. The maximum Gasteiger partial charge on any atom is 0.0958 e. The van der Waals surface area contributed by atoms with Crippen molar-refractivity contribution in [1.29, 1.82) is 0 Å². The van der Waals surface area contributed by atoms with E-state index in [1.165, 1.54) is 50.7 Å². The van der Waals surface area contributed by atoms with Crippen molar-refractivity contribution in [3.05, 3.63) is 11.3 Å². The number of ether oxygens (including phenoxy) is 1. The second-order valence-electron chi connectivity index (χ2n) is 5.25. The Kier molecular flexibility index (Phi) is 2.07. The minimum atomic E-state index is 0.478. The zero-order valence-corrected chi connectivity index (χ0v) is 9.09. The topological polar surface area (TPSA) is 9.23 Å². The molecule has 2 aliphatic carbocycles. The molecule has 1 fully saturated rings. The minimum absolute atomic E-state index is 0.478. The Bertz CT molecular complexity index is 266. The number of rotatable bonds is 0.